The lowest BCUT2D eigenvalue weighted by Crippen LogP contribution is -2.35. The number of benzene rings is 1. The van der Waals surface area contributed by atoms with Crippen molar-refractivity contribution in [2.45, 2.75) is 38.7 Å². The molecule has 1 N–H and O–H groups in total. The number of para-hydroxylation sites is 1. The van der Waals surface area contributed by atoms with Crippen molar-refractivity contribution in [3.05, 3.63) is 29.8 Å². The lowest BCUT2D eigenvalue weighted by molar-refractivity contribution is -0.154. The van der Waals surface area contributed by atoms with Crippen molar-refractivity contribution in [1.29, 1.82) is 0 Å². The average Bonchev–Trinajstić information content (AvgIpc) is 3.23. The molecule has 1 aliphatic carbocycles. The third-order valence-corrected chi connectivity index (χ3v) is 3.49. The smallest absolute Gasteiger partial charge is 0.325 e. The Kier molecular flexibility index (Phi) is 4.74. The minimum absolute atomic E-state index is 0.0920. The van der Waals surface area contributed by atoms with E-state index in [-0.39, 0.29) is 24.3 Å². The molecule has 1 aromatic rings. The van der Waals surface area contributed by atoms with E-state index in [2.05, 4.69) is 5.32 Å². The summed E-state index contributed by atoms with van der Waals surface area (Å²) in [6.45, 7) is 5.30. The van der Waals surface area contributed by atoms with Crippen LogP contribution in [0.15, 0.2) is 24.3 Å². The Hall–Kier alpha value is -2.04. The van der Waals surface area contributed by atoms with Gasteiger partial charge in [-0.2, -0.15) is 0 Å². The highest BCUT2D eigenvalue weighted by atomic mass is 16.6. The summed E-state index contributed by atoms with van der Waals surface area (Å²) in [5.74, 6) is 0.334. The molecule has 0 aromatic heterocycles. The van der Waals surface area contributed by atoms with Gasteiger partial charge in [-0.05, 0) is 44.7 Å². The molecule has 1 saturated carbocycles. The molecule has 0 spiro atoms. The maximum Gasteiger partial charge on any atom is 0.325 e. The van der Waals surface area contributed by atoms with Crippen LogP contribution in [0.5, 0.6) is 5.75 Å². The second-order valence-electron chi connectivity index (χ2n) is 6.49. The lowest BCUT2D eigenvalue weighted by Gasteiger charge is -2.19. The van der Waals surface area contributed by atoms with Crippen LogP contribution in [-0.2, 0) is 14.3 Å². The zero-order valence-corrected chi connectivity index (χ0v) is 13.5. The number of methoxy groups -OCH3 is 1. The van der Waals surface area contributed by atoms with Gasteiger partial charge in [0.15, 0.2) is 0 Å². The molecule has 0 bridgehead atoms. The normalized spacial score (nSPS) is 20.2. The molecule has 1 fully saturated rings. The molecule has 1 amide bonds. The first kappa shape index (κ1) is 16.3. The fraction of sp³-hybridized carbons (Fsp3) is 0.529. The Morgan fingerprint density at radius 2 is 1.95 bits per heavy atom. The van der Waals surface area contributed by atoms with E-state index in [4.69, 9.17) is 9.47 Å². The lowest BCUT2D eigenvalue weighted by atomic mass is 10.1. The third kappa shape index (κ3) is 4.23. The summed E-state index contributed by atoms with van der Waals surface area (Å²) in [6, 6.07) is 7.71. The molecule has 0 radical (unpaired) electrons. The number of carbonyl (C=O) groups is 2. The fourth-order valence-electron chi connectivity index (χ4n) is 2.47. The second kappa shape index (κ2) is 6.38. The van der Waals surface area contributed by atoms with E-state index in [1.54, 1.807) is 27.9 Å². The number of carbonyl (C=O) groups excluding carboxylic acids is 2. The van der Waals surface area contributed by atoms with Gasteiger partial charge >= 0.3 is 5.97 Å². The summed E-state index contributed by atoms with van der Waals surface area (Å²) in [6.07, 6.45) is 0.778. The highest BCUT2D eigenvalue weighted by molar-refractivity contribution is 5.86. The van der Waals surface area contributed by atoms with Gasteiger partial charge in [-0.1, -0.05) is 18.2 Å². The van der Waals surface area contributed by atoms with Gasteiger partial charge in [0.2, 0.25) is 5.91 Å². The van der Waals surface area contributed by atoms with Gasteiger partial charge in [-0.3, -0.25) is 9.59 Å². The van der Waals surface area contributed by atoms with Crippen molar-refractivity contribution >= 4 is 11.9 Å². The molecule has 2 atom stereocenters. The zero-order valence-electron chi connectivity index (χ0n) is 13.5. The van der Waals surface area contributed by atoms with Gasteiger partial charge in [-0.15, -0.1) is 0 Å². The highest BCUT2D eigenvalue weighted by Gasteiger charge is 2.45. The molecule has 22 heavy (non-hydrogen) atoms. The van der Waals surface area contributed by atoms with Gasteiger partial charge in [0, 0.05) is 5.92 Å². The first-order chi connectivity index (χ1) is 10.3. The van der Waals surface area contributed by atoms with Gasteiger partial charge in [-0.25, -0.2) is 0 Å². The summed E-state index contributed by atoms with van der Waals surface area (Å²) in [7, 11) is 1.62. The van der Waals surface area contributed by atoms with Crippen LogP contribution >= 0.6 is 0 Å². The van der Waals surface area contributed by atoms with Crippen molar-refractivity contribution in [2.75, 3.05) is 13.7 Å². The monoisotopic (exact) mass is 305 g/mol. The fourth-order valence-corrected chi connectivity index (χ4v) is 2.47. The van der Waals surface area contributed by atoms with E-state index in [9.17, 15) is 9.59 Å². The molecular formula is C17H23NO4. The first-order valence-corrected chi connectivity index (χ1v) is 7.44. The zero-order chi connectivity index (χ0) is 16.3. The minimum atomic E-state index is -0.540. The Balaban J connectivity index is 1.85. The molecule has 0 saturated heterocycles. The Morgan fingerprint density at radius 3 is 2.59 bits per heavy atom. The number of esters is 1. The molecule has 0 aliphatic heterocycles. The van der Waals surface area contributed by atoms with Crippen LogP contribution in [0.25, 0.3) is 0 Å². The summed E-state index contributed by atoms with van der Waals surface area (Å²) in [4.78, 5) is 23.7. The predicted octanol–water partition coefficient (Wildman–Crippen LogP) is 2.26. The number of rotatable bonds is 5. The van der Waals surface area contributed by atoms with E-state index in [0.717, 1.165) is 17.7 Å². The van der Waals surface area contributed by atoms with Crippen LogP contribution in [0.3, 0.4) is 0 Å². The van der Waals surface area contributed by atoms with E-state index >= 15 is 0 Å². The Labute approximate surface area is 131 Å². The van der Waals surface area contributed by atoms with Crippen LogP contribution < -0.4 is 10.1 Å². The van der Waals surface area contributed by atoms with Crippen LogP contribution in [-0.4, -0.2) is 31.1 Å². The summed E-state index contributed by atoms with van der Waals surface area (Å²) >= 11 is 0. The summed E-state index contributed by atoms with van der Waals surface area (Å²) in [5, 5.41) is 2.65. The second-order valence-corrected chi connectivity index (χ2v) is 6.49. The summed E-state index contributed by atoms with van der Waals surface area (Å²) < 4.78 is 10.5. The van der Waals surface area contributed by atoms with Crippen molar-refractivity contribution in [3.8, 4) is 5.75 Å². The maximum absolute atomic E-state index is 12.1. The topological polar surface area (TPSA) is 64.6 Å². The van der Waals surface area contributed by atoms with Crippen molar-refractivity contribution < 1.29 is 19.1 Å². The largest absolute Gasteiger partial charge is 0.496 e. The number of hydrogen-bond acceptors (Lipinski definition) is 4. The molecule has 0 heterocycles. The molecular weight excluding hydrogens is 282 g/mol. The van der Waals surface area contributed by atoms with Crippen molar-refractivity contribution in [1.82, 2.24) is 5.32 Å². The first-order valence-electron chi connectivity index (χ1n) is 7.44. The van der Waals surface area contributed by atoms with E-state index < -0.39 is 11.6 Å². The van der Waals surface area contributed by atoms with Gasteiger partial charge in [0.05, 0.1) is 7.11 Å². The SMILES string of the molecule is COc1ccccc1C1CC1C(=O)NCC(=O)OC(C)(C)C. The standard InChI is InChI=1S/C17H23NO4/c1-17(2,3)22-15(19)10-18-16(20)13-9-12(13)11-7-5-6-8-14(11)21-4/h5-8,12-13H,9-10H2,1-4H3,(H,18,20). The van der Waals surface area contributed by atoms with E-state index in [1.165, 1.54) is 0 Å². The molecule has 5 heteroatoms. The maximum atomic E-state index is 12.1. The number of nitrogens with one attached hydrogen (secondary N) is 1. The van der Waals surface area contributed by atoms with E-state index in [1.807, 2.05) is 24.3 Å². The number of ether oxygens (including phenoxy) is 2. The van der Waals surface area contributed by atoms with Crippen LogP contribution in [0.2, 0.25) is 0 Å². The average molecular weight is 305 g/mol. The molecule has 2 unspecified atom stereocenters. The Morgan fingerprint density at radius 1 is 1.27 bits per heavy atom. The molecule has 120 valence electrons. The minimum Gasteiger partial charge on any atom is -0.496 e. The molecule has 5 nitrogen and oxygen atoms in total. The Bertz CT molecular complexity index is 562. The quantitative estimate of drug-likeness (QED) is 0.848. The van der Waals surface area contributed by atoms with Crippen LogP contribution in [0.4, 0.5) is 0 Å². The molecule has 1 aromatic carbocycles. The molecule has 2 rings (SSSR count). The van der Waals surface area contributed by atoms with E-state index in [0.29, 0.717) is 0 Å². The predicted molar refractivity (Wildman–Crippen MR) is 82.7 cm³/mol. The highest BCUT2D eigenvalue weighted by Crippen LogP contribution is 2.50. The number of amides is 1. The molecule has 1 aliphatic rings. The van der Waals surface area contributed by atoms with Crippen LogP contribution in [0.1, 0.15) is 38.7 Å². The van der Waals surface area contributed by atoms with Gasteiger partial charge in [0.25, 0.3) is 0 Å². The summed E-state index contributed by atoms with van der Waals surface area (Å²) in [5.41, 5.74) is 0.504. The van der Waals surface area contributed by atoms with Gasteiger partial charge in [0.1, 0.15) is 17.9 Å². The third-order valence-electron chi connectivity index (χ3n) is 3.49. The van der Waals surface area contributed by atoms with Crippen molar-refractivity contribution in [3.63, 3.8) is 0 Å². The number of hydrogen-bond donors (Lipinski definition) is 1. The van der Waals surface area contributed by atoms with Gasteiger partial charge < -0.3 is 14.8 Å². The van der Waals surface area contributed by atoms with Crippen molar-refractivity contribution in [2.24, 2.45) is 5.92 Å². The van der Waals surface area contributed by atoms with Crippen LogP contribution in [0, 0.1) is 5.92 Å².